The Morgan fingerprint density at radius 3 is 2.32 bits per heavy atom. The summed E-state index contributed by atoms with van der Waals surface area (Å²) >= 11 is 0. The molecule has 0 aromatic heterocycles. The molecule has 0 spiro atoms. The number of rotatable bonds is 5. The number of benzene rings is 1. The fourth-order valence-corrected chi connectivity index (χ4v) is 2.39. The smallest absolute Gasteiger partial charge is 0.119 e. The summed E-state index contributed by atoms with van der Waals surface area (Å²) in [6.45, 7) is 5.60. The predicted molar refractivity (Wildman–Crippen MR) is 78.7 cm³/mol. The molecule has 0 bridgehead atoms. The molecule has 1 heterocycles. The first kappa shape index (κ1) is 14.1. The van der Waals surface area contributed by atoms with Crippen molar-refractivity contribution in [2.75, 3.05) is 51.3 Å². The summed E-state index contributed by atoms with van der Waals surface area (Å²) in [5.41, 5.74) is 12.7. The van der Waals surface area contributed by atoms with E-state index in [1.165, 1.54) is 5.69 Å². The van der Waals surface area contributed by atoms with Crippen molar-refractivity contribution in [3.8, 4) is 5.75 Å². The first-order valence-electron chi connectivity index (χ1n) is 6.80. The van der Waals surface area contributed by atoms with Gasteiger partial charge in [-0.3, -0.25) is 4.90 Å². The van der Waals surface area contributed by atoms with Crippen molar-refractivity contribution in [2.45, 2.75) is 6.04 Å². The molecular formula is C14H24N4O. The van der Waals surface area contributed by atoms with E-state index in [4.69, 9.17) is 16.2 Å². The minimum Gasteiger partial charge on any atom is -0.497 e. The maximum absolute atomic E-state index is 5.89. The normalized spacial score (nSPS) is 18.4. The zero-order valence-electron chi connectivity index (χ0n) is 11.6. The van der Waals surface area contributed by atoms with Crippen LogP contribution in [0.1, 0.15) is 0 Å². The van der Waals surface area contributed by atoms with Gasteiger partial charge in [-0.15, -0.1) is 0 Å². The Kier molecular flexibility index (Phi) is 5.01. The summed E-state index contributed by atoms with van der Waals surface area (Å²) in [6, 6.07) is 8.32. The molecule has 19 heavy (non-hydrogen) atoms. The lowest BCUT2D eigenvalue weighted by Gasteiger charge is -2.37. The highest BCUT2D eigenvalue weighted by Gasteiger charge is 2.18. The van der Waals surface area contributed by atoms with Crippen LogP contribution in [0, 0.1) is 0 Å². The van der Waals surface area contributed by atoms with E-state index >= 15 is 0 Å². The molecule has 2 rings (SSSR count). The van der Waals surface area contributed by atoms with E-state index in [9.17, 15) is 0 Å². The Morgan fingerprint density at radius 1 is 1.16 bits per heavy atom. The van der Waals surface area contributed by atoms with E-state index in [1.807, 2.05) is 12.1 Å². The molecule has 5 nitrogen and oxygen atoms in total. The largest absolute Gasteiger partial charge is 0.497 e. The molecule has 1 saturated heterocycles. The zero-order chi connectivity index (χ0) is 13.7. The van der Waals surface area contributed by atoms with Gasteiger partial charge in [0.25, 0.3) is 0 Å². The maximum Gasteiger partial charge on any atom is 0.119 e. The Bertz CT molecular complexity index is 374. The van der Waals surface area contributed by atoms with Gasteiger partial charge in [0.05, 0.1) is 7.11 Å². The highest BCUT2D eigenvalue weighted by Crippen LogP contribution is 2.20. The van der Waals surface area contributed by atoms with Crippen LogP contribution in [0.2, 0.25) is 0 Å². The third-order valence-corrected chi connectivity index (χ3v) is 3.61. The summed E-state index contributed by atoms with van der Waals surface area (Å²) in [6.07, 6.45) is 0. The third-order valence-electron chi connectivity index (χ3n) is 3.61. The summed E-state index contributed by atoms with van der Waals surface area (Å²) in [7, 11) is 1.69. The van der Waals surface area contributed by atoms with Gasteiger partial charge in [0, 0.05) is 51.0 Å². The van der Waals surface area contributed by atoms with Gasteiger partial charge in [0.1, 0.15) is 5.75 Å². The molecule has 106 valence electrons. The van der Waals surface area contributed by atoms with Crippen molar-refractivity contribution in [3.63, 3.8) is 0 Å². The van der Waals surface area contributed by atoms with E-state index in [0.717, 1.165) is 38.5 Å². The first-order valence-corrected chi connectivity index (χ1v) is 6.80. The molecule has 0 amide bonds. The monoisotopic (exact) mass is 264 g/mol. The quantitative estimate of drug-likeness (QED) is 0.790. The van der Waals surface area contributed by atoms with Crippen molar-refractivity contribution >= 4 is 5.69 Å². The number of ether oxygens (including phenoxy) is 1. The molecule has 1 unspecified atom stereocenters. The minimum absolute atomic E-state index is 0.0903. The first-order chi connectivity index (χ1) is 9.22. The van der Waals surface area contributed by atoms with Gasteiger partial charge in [0.2, 0.25) is 0 Å². The van der Waals surface area contributed by atoms with Crippen LogP contribution in [0.3, 0.4) is 0 Å². The van der Waals surface area contributed by atoms with Gasteiger partial charge >= 0.3 is 0 Å². The van der Waals surface area contributed by atoms with Crippen LogP contribution in [-0.4, -0.2) is 57.3 Å². The molecule has 0 aliphatic carbocycles. The van der Waals surface area contributed by atoms with E-state index in [1.54, 1.807) is 7.11 Å². The van der Waals surface area contributed by atoms with Crippen molar-refractivity contribution < 1.29 is 4.74 Å². The average Bonchev–Trinajstić information content (AvgIpc) is 2.48. The molecular weight excluding hydrogens is 240 g/mol. The number of anilines is 1. The lowest BCUT2D eigenvalue weighted by atomic mass is 10.2. The number of hydrogen-bond donors (Lipinski definition) is 2. The topological polar surface area (TPSA) is 67.8 Å². The van der Waals surface area contributed by atoms with Crippen LogP contribution in [-0.2, 0) is 0 Å². The zero-order valence-corrected chi connectivity index (χ0v) is 11.6. The molecule has 1 aliphatic rings. The van der Waals surface area contributed by atoms with Crippen LogP contribution < -0.4 is 21.1 Å². The lowest BCUT2D eigenvalue weighted by molar-refractivity contribution is 0.244. The predicted octanol–water partition coefficient (Wildman–Crippen LogP) is 0.103. The summed E-state index contributed by atoms with van der Waals surface area (Å²) in [5, 5.41) is 0. The number of piperazine rings is 1. The molecule has 1 aromatic carbocycles. The average molecular weight is 264 g/mol. The second-order valence-electron chi connectivity index (χ2n) is 4.98. The minimum atomic E-state index is 0.0903. The van der Waals surface area contributed by atoms with E-state index in [-0.39, 0.29) is 6.04 Å². The van der Waals surface area contributed by atoms with Gasteiger partial charge < -0.3 is 21.1 Å². The van der Waals surface area contributed by atoms with Crippen molar-refractivity contribution in [1.29, 1.82) is 0 Å². The number of hydrogen-bond acceptors (Lipinski definition) is 5. The van der Waals surface area contributed by atoms with Gasteiger partial charge in [-0.1, -0.05) is 0 Å². The fraction of sp³-hybridized carbons (Fsp3) is 0.571. The van der Waals surface area contributed by atoms with E-state index in [2.05, 4.69) is 21.9 Å². The summed E-state index contributed by atoms with van der Waals surface area (Å²) < 4.78 is 5.18. The summed E-state index contributed by atoms with van der Waals surface area (Å²) in [4.78, 5) is 4.78. The molecule has 1 atom stereocenters. The van der Waals surface area contributed by atoms with Crippen molar-refractivity contribution in [3.05, 3.63) is 24.3 Å². The highest BCUT2D eigenvalue weighted by molar-refractivity contribution is 5.49. The Hall–Kier alpha value is -1.30. The van der Waals surface area contributed by atoms with Gasteiger partial charge in [-0.2, -0.15) is 0 Å². The molecule has 0 saturated carbocycles. The van der Waals surface area contributed by atoms with Crippen LogP contribution in [0.4, 0.5) is 5.69 Å². The van der Waals surface area contributed by atoms with Crippen LogP contribution in [0.25, 0.3) is 0 Å². The summed E-state index contributed by atoms with van der Waals surface area (Å²) in [5.74, 6) is 0.899. The number of nitrogens with zero attached hydrogens (tertiary/aromatic N) is 2. The molecule has 1 aliphatic heterocycles. The van der Waals surface area contributed by atoms with Gasteiger partial charge in [0.15, 0.2) is 0 Å². The van der Waals surface area contributed by atoms with Crippen LogP contribution in [0.15, 0.2) is 24.3 Å². The van der Waals surface area contributed by atoms with Crippen molar-refractivity contribution in [2.24, 2.45) is 11.5 Å². The van der Waals surface area contributed by atoms with Crippen LogP contribution in [0.5, 0.6) is 5.75 Å². The van der Waals surface area contributed by atoms with Gasteiger partial charge in [-0.05, 0) is 24.3 Å². The Balaban J connectivity index is 1.85. The molecule has 1 fully saturated rings. The second-order valence-corrected chi connectivity index (χ2v) is 4.98. The number of methoxy groups -OCH3 is 1. The third kappa shape index (κ3) is 3.83. The maximum atomic E-state index is 5.89. The highest BCUT2D eigenvalue weighted by atomic mass is 16.5. The second kappa shape index (κ2) is 6.75. The van der Waals surface area contributed by atoms with E-state index in [0.29, 0.717) is 6.54 Å². The molecule has 4 N–H and O–H groups in total. The Labute approximate surface area is 115 Å². The number of nitrogens with two attached hydrogens (primary N) is 2. The fourth-order valence-electron chi connectivity index (χ4n) is 2.39. The van der Waals surface area contributed by atoms with Crippen molar-refractivity contribution in [1.82, 2.24) is 4.90 Å². The van der Waals surface area contributed by atoms with Gasteiger partial charge in [-0.25, -0.2) is 0 Å². The lowest BCUT2D eigenvalue weighted by Crippen LogP contribution is -2.51. The van der Waals surface area contributed by atoms with Crippen LogP contribution >= 0.6 is 0 Å². The molecule has 0 radical (unpaired) electrons. The Morgan fingerprint density at radius 2 is 1.79 bits per heavy atom. The molecule has 5 heteroatoms. The van der Waals surface area contributed by atoms with E-state index < -0.39 is 0 Å². The molecule has 1 aromatic rings. The SMILES string of the molecule is COc1ccc(N2CCN(CC(N)CN)CC2)cc1. The standard InChI is InChI=1S/C14H24N4O/c1-19-14-4-2-13(3-5-14)18-8-6-17(7-9-18)11-12(16)10-15/h2-5,12H,6-11,15-16H2,1H3.